The minimum absolute atomic E-state index is 0.126. The minimum atomic E-state index is -1.00. The van der Waals surface area contributed by atoms with Gasteiger partial charge in [0.05, 0.1) is 5.69 Å². The number of aromatic nitrogens is 1. The molecule has 1 heterocycles. The summed E-state index contributed by atoms with van der Waals surface area (Å²) in [5.74, 6) is -1.00. The van der Waals surface area contributed by atoms with Crippen LogP contribution in [0.2, 0.25) is 0 Å². The van der Waals surface area contributed by atoms with Crippen molar-refractivity contribution in [3.63, 3.8) is 0 Å². The van der Waals surface area contributed by atoms with Gasteiger partial charge in [0.15, 0.2) is 0 Å². The summed E-state index contributed by atoms with van der Waals surface area (Å²) in [6, 6.07) is 0. The molecule has 4 nitrogen and oxygen atoms in total. The fourth-order valence-electron chi connectivity index (χ4n) is 1.71. The standard InChI is InChI=1S/C9H10N2O2/c10-8-5-2-1-3-7(5)11-4-6(8)9(12)13/h4H,1-3H2,(H2,10,11)(H,12,13). The van der Waals surface area contributed by atoms with Crippen molar-refractivity contribution in [3.8, 4) is 0 Å². The molecule has 0 atom stereocenters. The summed E-state index contributed by atoms with van der Waals surface area (Å²) in [4.78, 5) is 14.8. The van der Waals surface area contributed by atoms with Gasteiger partial charge in [0.2, 0.25) is 0 Å². The monoisotopic (exact) mass is 178 g/mol. The van der Waals surface area contributed by atoms with Gasteiger partial charge in [0.25, 0.3) is 0 Å². The molecule has 3 N–H and O–H groups in total. The van der Waals surface area contributed by atoms with E-state index < -0.39 is 5.97 Å². The number of nitrogens with two attached hydrogens (primary N) is 1. The molecule has 0 fully saturated rings. The zero-order chi connectivity index (χ0) is 9.42. The summed E-state index contributed by atoms with van der Waals surface area (Å²) in [6.45, 7) is 0. The molecular weight excluding hydrogens is 168 g/mol. The second kappa shape index (κ2) is 2.73. The molecule has 2 rings (SSSR count). The normalized spacial score (nSPS) is 14.2. The number of carboxylic acids is 1. The number of hydrogen-bond acceptors (Lipinski definition) is 3. The Bertz CT molecular complexity index is 374. The van der Waals surface area contributed by atoms with E-state index in [0.717, 1.165) is 30.5 Å². The average Bonchev–Trinajstić information content (AvgIpc) is 2.52. The Hall–Kier alpha value is -1.58. The molecule has 0 aliphatic heterocycles. The number of nitrogens with zero attached hydrogens (tertiary/aromatic N) is 1. The highest BCUT2D eigenvalue weighted by atomic mass is 16.4. The maximum absolute atomic E-state index is 10.7. The smallest absolute Gasteiger partial charge is 0.339 e. The Morgan fingerprint density at radius 2 is 2.31 bits per heavy atom. The second-order valence-electron chi connectivity index (χ2n) is 3.17. The van der Waals surface area contributed by atoms with E-state index in [2.05, 4.69) is 4.98 Å². The van der Waals surface area contributed by atoms with Gasteiger partial charge in [-0.05, 0) is 24.8 Å². The Balaban J connectivity index is 2.59. The van der Waals surface area contributed by atoms with Crippen LogP contribution in [0.5, 0.6) is 0 Å². The molecule has 0 unspecified atom stereocenters. The van der Waals surface area contributed by atoms with Crippen molar-refractivity contribution in [1.82, 2.24) is 4.98 Å². The van der Waals surface area contributed by atoms with E-state index >= 15 is 0 Å². The summed E-state index contributed by atoms with van der Waals surface area (Å²) < 4.78 is 0. The largest absolute Gasteiger partial charge is 0.478 e. The summed E-state index contributed by atoms with van der Waals surface area (Å²) >= 11 is 0. The first-order valence-electron chi connectivity index (χ1n) is 4.19. The van der Waals surface area contributed by atoms with Gasteiger partial charge in [0, 0.05) is 11.9 Å². The number of carbonyl (C=O) groups is 1. The SMILES string of the molecule is Nc1c(C(=O)O)cnc2c1CCC2. The Kier molecular flexibility index (Phi) is 1.69. The lowest BCUT2D eigenvalue weighted by Crippen LogP contribution is -2.07. The van der Waals surface area contributed by atoms with Crippen LogP contribution in [0, 0.1) is 0 Å². The maximum Gasteiger partial charge on any atom is 0.339 e. The van der Waals surface area contributed by atoms with Gasteiger partial charge in [-0.1, -0.05) is 0 Å². The van der Waals surface area contributed by atoms with Crippen LogP contribution in [0.4, 0.5) is 5.69 Å². The van der Waals surface area contributed by atoms with Crippen LogP contribution < -0.4 is 5.73 Å². The number of fused-ring (bicyclic) bond motifs is 1. The van der Waals surface area contributed by atoms with Crippen LogP contribution in [0.15, 0.2) is 6.20 Å². The number of aryl methyl sites for hydroxylation is 1. The van der Waals surface area contributed by atoms with Gasteiger partial charge in [0.1, 0.15) is 5.56 Å². The van der Waals surface area contributed by atoms with Crippen molar-refractivity contribution in [2.45, 2.75) is 19.3 Å². The first-order valence-corrected chi connectivity index (χ1v) is 4.19. The van der Waals surface area contributed by atoms with Gasteiger partial charge in [-0.15, -0.1) is 0 Å². The third-order valence-electron chi connectivity index (χ3n) is 2.38. The van der Waals surface area contributed by atoms with E-state index in [1.165, 1.54) is 6.20 Å². The number of pyridine rings is 1. The van der Waals surface area contributed by atoms with E-state index in [9.17, 15) is 4.79 Å². The van der Waals surface area contributed by atoms with Crippen LogP contribution in [0.25, 0.3) is 0 Å². The van der Waals surface area contributed by atoms with Crippen molar-refractivity contribution in [2.24, 2.45) is 0 Å². The van der Waals surface area contributed by atoms with Crippen LogP contribution in [0.1, 0.15) is 28.0 Å². The highest BCUT2D eigenvalue weighted by Gasteiger charge is 2.19. The second-order valence-corrected chi connectivity index (χ2v) is 3.17. The molecule has 68 valence electrons. The molecule has 13 heavy (non-hydrogen) atoms. The van der Waals surface area contributed by atoms with Crippen molar-refractivity contribution >= 4 is 11.7 Å². The minimum Gasteiger partial charge on any atom is -0.478 e. The van der Waals surface area contributed by atoms with Gasteiger partial charge in [-0.25, -0.2) is 4.79 Å². The predicted molar refractivity (Wildman–Crippen MR) is 47.6 cm³/mol. The van der Waals surface area contributed by atoms with Crippen molar-refractivity contribution in [3.05, 3.63) is 23.0 Å². The van der Waals surface area contributed by atoms with Crippen LogP contribution in [-0.2, 0) is 12.8 Å². The van der Waals surface area contributed by atoms with Crippen LogP contribution >= 0.6 is 0 Å². The third-order valence-corrected chi connectivity index (χ3v) is 2.38. The lowest BCUT2D eigenvalue weighted by molar-refractivity contribution is 0.0697. The Morgan fingerprint density at radius 1 is 1.54 bits per heavy atom. The van der Waals surface area contributed by atoms with Crippen molar-refractivity contribution in [2.75, 3.05) is 5.73 Å². The number of hydrogen-bond donors (Lipinski definition) is 2. The average molecular weight is 178 g/mol. The lowest BCUT2D eigenvalue weighted by atomic mass is 10.1. The lowest BCUT2D eigenvalue weighted by Gasteiger charge is -2.05. The van der Waals surface area contributed by atoms with Crippen LogP contribution in [-0.4, -0.2) is 16.1 Å². The first-order chi connectivity index (χ1) is 6.20. The molecule has 0 radical (unpaired) electrons. The predicted octanol–water partition coefficient (Wildman–Crippen LogP) is 0.851. The molecule has 1 aromatic heterocycles. The van der Waals surface area contributed by atoms with Gasteiger partial charge in [-0.3, -0.25) is 4.98 Å². The summed E-state index contributed by atoms with van der Waals surface area (Å²) in [7, 11) is 0. The molecule has 0 saturated heterocycles. The maximum atomic E-state index is 10.7. The number of carboxylic acid groups (broad SMARTS) is 1. The molecule has 1 aromatic rings. The topological polar surface area (TPSA) is 76.2 Å². The molecule has 4 heteroatoms. The Labute approximate surface area is 75.4 Å². The van der Waals surface area contributed by atoms with Gasteiger partial charge in [-0.2, -0.15) is 0 Å². The summed E-state index contributed by atoms with van der Waals surface area (Å²) in [6.07, 6.45) is 4.14. The molecule has 0 aromatic carbocycles. The van der Waals surface area contributed by atoms with E-state index in [1.807, 2.05) is 0 Å². The van der Waals surface area contributed by atoms with Crippen molar-refractivity contribution in [1.29, 1.82) is 0 Å². The molecular formula is C9H10N2O2. The highest BCUT2D eigenvalue weighted by molar-refractivity contribution is 5.94. The zero-order valence-corrected chi connectivity index (χ0v) is 7.08. The summed E-state index contributed by atoms with van der Waals surface area (Å²) in [5.41, 5.74) is 8.13. The number of anilines is 1. The Morgan fingerprint density at radius 3 is 3.00 bits per heavy atom. The fraction of sp³-hybridized carbons (Fsp3) is 0.333. The fourth-order valence-corrected chi connectivity index (χ4v) is 1.71. The van der Waals surface area contributed by atoms with E-state index in [0.29, 0.717) is 5.69 Å². The number of nitrogen functional groups attached to an aromatic ring is 1. The van der Waals surface area contributed by atoms with E-state index in [1.54, 1.807) is 0 Å². The molecule has 0 amide bonds. The molecule has 0 saturated carbocycles. The molecule has 0 spiro atoms. The summed E-state index contributed by atoms with van der Waals surface area (Å²) in [5, 5.41) is 8.78. The number of aromatic carboxylic acids is 1. The van der Waals surface area contributed by atoms with Crippen LogP contribution in [0.3, 0.4) is 0 Å². The molecule has 0 bridgehead atoms. The quantitative estimate of drug-likeness (QED) is 0.668. The van der Waals surface area contributed by atoms with Gasteiger partial charge >= 0.3 is 5.97 Å². The van der Waals surface area contributed by atoms with E-state index in [4.69, 9.17) is 10.8 Å². The highest BCUT2D eigenvalue weighted by Crippen LogP contribution is 2.27. The number of rotatable bonds is 1. The molecule has 1 aliphatic carbocycles. The third kappa shape index (κ3) is 1.14. The van der Waals surface area contributed by atoms with Gasteiger partial charge < -0.3 is 10.8 Å². The van der Waals surface area contributed by atoms with Crippen molar-refractivity contribution < 1.29 is 9.90 Å². The van der Waals surface area contributed by atoms with E-state index in [-0.39, 0.29) is 5.56 Å². The zero-order valence-electron chi connectivity index (χ0n) is 7.08. The molecule has 1 aliphatic rings. The first kappa shape index (κ1) is 8.04.